The number of halogens is 1. The molecule has 0 spiro atoms. The quantitative estimate of drug-likeness (QED) is 0.832. The van der Waals surface area contributed by atoms with E-state index in [1.165, 1.54) is 0 Å². The predicted octanol–water partition coefficient (Wildman–Crippen LogP) is 3.07. The molecule has 0 unspecified atom stereocenters. The van der Waals surface area contributed by atoms with Gasteiger partial charge in [-0.1, -0.05) is 15.9 Å². The van der Waals surface area contributed by atoms with Crippen LogP contribution in [0.1, 0.15) is 5.69 Å². The molecule has 0 saturated carbocycles. The molecule has 0 aliphatic rings. The Balaban J connectivity index is 1.61. The third kappa shape index (κ3) is 4.46. The second-order valence-corrected chi connectivity index (χ2v) is 5.09. The molecule has 0 radical (unpaired) electrons. The van der Waals surface area contributed by atoms with Gasteiger partial charge in [0.1, 0.15) is 12.4 Å². The largest absolute Gasteiger partial charge is 0.492 e. The first-order valence-electron chi connectivity index (χ1n) is 5.31. The molecule has 0 saturated heterocycles. The van der Waals surface area contributed by atoms with Crippen LogP contribution in [0.25, 0.3) is 0 Å². The van der Waals surface area contributed by atoms with Crippen LogP contribution in [0.4, 0.5) is 0 Å². The smallest absolute Gasteiger partial charge is 0.119 e. The molecule has 1 N–H and O–H groups in total. The van der Waals surface area contributed by atoms with E-state index in [1.54, 1.807) is 11.3 Å². The number of hydrogen-bond acceptors (Lipinski definition) is 4. The molecule has 17 heavy (non-hydrogen) atoms. The Kier molecular flexibility index (Phi) is 4.97. The Labute approximate surface area is 113 Å². The molecular formula is C12H13BrN2OS. The highest BCUT2D eigenvalue weighted by Crippen LogP contribution is 2.15. The molecule has 2 rings (SSSR count). The van der Waals surface area contributed by atoms with Crippen LogP contribution in [0.5, 0.6) is 5.75 Å². The molecule has 2 aromatic rings. The summed E-state index contributed by atoms with van der Waals surface area (Å²) in [6, 6.07) is 7.84. The molecule has 0 atom stereocenters. The Morgan fingerprint density at radius 3 is 2.82 bits per heavy atom. The zero-order valence-corrected chi connectivity index (χ0v) is 11.6. The SMILES string of the molecule is Brc1ccc(OCCNCc2cscn2)cc1. The first-order valence-corrected chi connectivity index (χ1v) is 7.04. The first-order chi connectivity index (χ1) is 8.34. The van der Waals surface area contributed by atoms with Gasteiger partial charge in [-0.2, -0.15) is 0 Å². The van der Waals surface area contributed by atoms with E-state index < -0.39 is 0 Å². The predicted molar refractivity (Wildman–Crippen MR) is 73.5 cm³/mol. The van der Waals surface area contributed by atoms with Gasteiger partial charge in [-0.3, -0.25) is 0 Å². The van der Waals surface area contributed by atoms with Crippen LogP contribution in [-0.4, -0.2) is 18.1 Å². The molecule has 1 aromatic heterocycles. The minimum absolute atomic E-state index is 0.659. The second kappa shape index (κ2) is 6.74. The topological polar surface area (TPSA) is 34.1 Å². The second-order valence-electron chi connectivity index (χ2n) is 3.46. The number of nitrogens with zero attached hydrogens (tertiary/aromatic N) is 1. The monoisotopic (exact) mass is 312 g/mol. The molecule has 1 heterocycles. The maximum atomic E-state index is 5.58. The van der Waals surface area contributed by atoms with Gasteiger partial charge in [-0.15, -0.1) is 11.3 Å². The van der Waals surface area contributed by atoms with Crippen LogP contribution in [0.2, 0.25) is 0 Å². The van der Waals surface area contributed by atoms with E-state index in [2.05, 4.69) is 26.2 Å². The van der Waals surface area contributed by atoms with E-state index >= 15 is 0 Å². The number of rotatable bonds is 6. The van der Waals surface area contributed by atoms with Gasteiger partial charge in [0.15, 0.2) is 0 Å². The summed E-state index contributed by atoms with van der Waals surface area (Å²) in [6.07, 6.45) is 0. The van der Waals surface area contributed by atoms with Crippen molar-refractivity contribution in [2.24, 2.45) is 0 Å². The lowest BCUT2D eigenvalue weighted by atomic mass is 10.3. The van der Waals surface area contributed by atoms with Gasteiger partial charge in [0.05, 0.1) is 11.2 Å². The van der Waals surface area contributed by atoms with E-state index in [0.717, 1.165) is 29.0 Å². The van der Waals surface area contributed by atoms with E-state index in [0.29, 0.717) is 6.61 Å². The number of aromatic nitrogens is 1. The standard InChI is InChI=1S/C12H13BrN2OS/c13-10-1-3-12(4-2-10)16-6-5-14-7-11-8-17-9-15-11/h1-4,8-9,14H,5-7H2. The fraction of sp³-hybridized carbons (Fsp3) is 0.250. The van der Waals surface area contributed by atoms with Crippen LogP contribution in [0, 0.1) is 0 Å². The minimum Gasteiger partial charge on any atom is -0.492 e. The zero-order chi connectivity index (χ0) is 11.9. The highest BCUT2D eigenvalue weighted by Gasteiger charge is 1.95. The Morgan fingerprint density at radius 2 is 2.12 bits per heavy atom. The number of ether oxygens (including phenoxy) is 1. The molecule has 0 fully saturated rings. The lowest BCUT2D eigenvalue weighted by Gasteiger charge is -2.06. The summed E-state index contributed by atoms with van der Waals surface area (Å²) >= 11 is 5.00. The lowest BCUT2D eigenvalue weighted by molar-refractivity contribution is 0.313. The Morgan fingerprint density at radius 1 is 1.29 bits per heavy atom. The summed E-state index contributed by atoms with van der Waals surface area (Å²) in [5, 5.41) is 5.32. The fourth-order valence-electron chi connectivity index (χ4n) is 1.31. The molecule has 1 aromatic carbocycles. The third-order valence-corrected chi connectivity index (χ3v) is 3.31. The molecule has 0 amide bonds. The summed E-state index contributed by atoms with van der Waals surface area (Å²) < 4.78 is 6.64. The highest BCUT2D eigenvalue weighted by molar-refractivity contribution is 9.10. The first kappa shape index (κ1) is 12.5. The van der Waals surface area contributed by atoms with E-state index in [9.17, 15) is 0 Å². The third-order valence-electron chi connectivity index (χ3n) is 2.15. The van der Waals surface area contributed by atoms with Gasteiger partial charge < -0.3 is 10.1 Å². The molecule has 0 aliphatic heterocycles. The average molecular weight is 313 g/mol. The van der Waals surface area contributed by atoms with Crippen molar-refractivity contribution in [3.63, 3.8) is 0 Å². The van der Waals surface area contributed by atoms with Crippen LogP contribution in [0.15, 0.2) is 39.6 Å². The lowest BCUT2D eigenvalue weighted by Crippen LogP contribution is -2.20. The van der Waals surface area contributed by atoms with Crippen molar-refractivity contribution in [3.05, 3.63) is 45.3 Å². The number of benzene rings is 1. The van der Waals surface area contributed by atoms with Gasteiger partial charge >= 0.3 is 0 Å². The van der Waals surface area contributed by atoms with Crippen molar-refractivity contribution in [2.75, 3.05) is 13.2 Å². The van der Waals surface area contributed by atoms with Gasteiger partial charge in [-0.05, 0) is 24.3 Å². The van der Waals surface area contributed by atoms with Gasteiger partial charge in [0.25, 0.3) is 0 Å². The van der Waals surface area contributed by atoms with Crippen LogP contribution in [0.3, 0.4) is 0 Å². The van der Waals surface area contributed by atoms with Crippen molar-refractivity contribution < 1.29 is 4.74 Å². The summed E-state index contributed by atoms with van der Waals surface area (Å²) in [6.45, 7) is 2.27. The Bertz CT molecular complexity index is 430. The van der Waals surface area contributed by atoms with Crippen molar-refractivity contribution >= 4 is 27.3 Å². The van der Waals surface area contributed by atoms with E-state index in [4.69, 9.17) is 4.74 Å². The number of nitrogens with one attached hydrogen (secondary N) is 1. The molecule has 3 nitrogen and oxygen atoms in total. The van der Waals surface area contributed by atoms with Crippen molar-refractivity contribution in [2.45, 2.75) is 6.54 Å². The summed E-state index contributed by atoms with van der Waals surface area (Å²) in [5.74, 6) is 0.892. The van der Waals surface area contributed by atoms with E-state index in [-0.39, 0.29) is 0 Å². The normalized spacial score (nSPS) is 10.4. The van der Waals surface area contributed by atoms with Crippen LogP contribution < -0.4 is 10.1 Å². The van der Waals surface area contributed by atoms with E-state index in [1.807, 2.05) is 35.2 Å². The fourth-order valence-corrected chi connectivity index (χ4v) is 2.14. The van der Waals surface area contributed by atoms with Gasteiger partial charge in [0.2, 0.25) is 0 Å². The van der Waals surface area contributed by atoms with Crippen molar-refractivity contribution in [1.29, 1.82) is 0 Å². The van der Waals surface area contributed by atoms with Crippen LogP contribution in [-0.2, 0) is 6.54 Å². The average Bonchev–Trinajstić information content (AvgIpc) is 2.84. The number of hydrogen-bond donors (Lipinski definition) is 1. The van der Waals surface area contributed by atoms with Gasteiger partial charge in [-0.25, -0.2) is 4.98 Å². The molecular weight excluding hydrogens is 300 g/mol. The zero-order valence-electron chi connectivity index (χ0n) is 9.23. The molecule has 0 bridgehead atoms. The Hall–Kier alpha value is -0.910. The highest BCUT2D eigenvalue weighted by atomic mass is 79.9. The van der Waals surface area contributed by atoms with Gasteiger partial charge in [0, 0.05) is 22.9 Å². The number of thiazole rings is 1. The van der Waals surface area contributed by atoms with Crippen LogP contribution >= 0.6 is 27.3 Å². The molecule has 0 aliphatic carbocycles. The summed E-state index contributed by atoms with van der Waals surface area (Å²) in [5.41, 5.74) is 2.92. The molecule has 5 heteroatoms. The maximum absolute atomic E-state index is 5.58. The minimum atomic E-state index is 0.659. The van der Waals surface area contributed by atoms with Crippen molar-refractivity contribution in [3.8, 4) is 5.75 Å². The summed E-state index contributed by atoms with van der Waals surface area (Å²) in [7, 11) is 0. The van der Waals surface area contributed by atoms with Crippen molar-refractivity contribution in [1.82, 2.24) is 10.3 Å². The maximum Gasteiger partial charge on any atom is 0.119 e. The molecule has 90 valence electrons. The summed E-state index contributed by atoms with van der Waals surface area (Å²) in [4.78, 5) is 4.19.